The zero-order chi connectivity index (χ0) is 15.5. The maximum atomic E-state index is 11.8. The number of anilines is 1. The van der Waals surface area contributed by atoms with Gasteiger partial charge in [-0.25, -0.2) is 9.59 Å². The molecule has 0 aromatic heterocycles. The van der Waals surface area contributed by atoms with E-state index in [1.165, 1.54) is 18.4 Å². The molecule has 0 amide bonds. The number of carbonyl (C=O) groups excluding carboxylic acids is 2. The smallest absolute Gasteiger partial charge is 0.347 e. The van der Waals surface area contributed by atoms with Crippen LogP contribution in [0.3, 0.4) is 0 Å². The van der Waals surface area contributed by atoms with Crippen molar-refractivity contribution in [2.75, 3.05) is 18.5 Å². The summed E-state index contributed by atoms with van der Waals surface area (Å²) in [7, 11) is 0. The van der Waals surface area contributed by atoms with Crippen LogP contribution in [0.15, 0.2) is 67.4 Å². The maximum Gasteiger partial charge on any atom is 0.347 e. The highest BCUT2D eigenvalue weighted by molar-refractivity contribution is 6.14. The topological polar surface area (TPSA) is 64.6 Å². The molecule has 0 unspecified atom stereocenters. The Morgan fingerprint density at radius 1 is 1.00 bits per heavy atom. The molecule has 0 saturated carbocycles. The van der Waals surface area contributed by atoms with Gasteiger partial charge in [-0.1, -0.05) is 43.5 Å². The predicted molar refractivity (Wildman–Crippen MR) is 80.5 cm³/mol. The van der Waals surface area contributed by atoms with Gasteiger partial charge in [0, 0.05) is 11.9 Å². The molecule has 1 aromatic carbocycles. The van der Waals surface area contributed by atoms with Gasteiger partial charge in [0.05, 0.1) is 0 Å². The number of nitrogens with one attached hydrogen (secondary N) is 1. The van der Waals surface area contributed by atoms with Crippen molar-refractivity contribution >= 4 is 17.6 Å². The maximum absolute atomic E-state index is 11.8. The van der Waals surface area contributed by atoms with Crippen LogP contribution >= 0.6 is 0 Å². The monoisotopic (exact) mass is 287 g/mol. The number of esters is 2. The highest BCUT2D eigenvalue weighted by atomic mass is 16.6. The molecule has 0 radical (unpaired) electrons. The zero-order valence-electron chi connectivity index (χ0n) is 11.6. The van der Waals surface area contributed by atoms with Crippen LogP contribution in [0.25, 0.3) is 0 Å². The van der Waals surface area contributed by atoms with Gasteiger partial charge in [0.2, 0.25) is 0 Å². The molecule has 1 N–H and O–H groups in total. The van der Waals surface area contributed by atoms with Gasteiger partial charge < -0.3 is 14.8 Å². The fourth-order valence-electron chi connectivity index (χ4n) is 1.32. The number of hydrogen-bond acceptors (Lipinski definition) is 5. The molecule has 0 aliphatic heterocycles. The molecule has 5 nitrogen and oxygen atoms in total. The molecule has 0 aliphatic carbocycles. The summed E-state index contributed by atoms with van der Waals surface area (Å²) in [5.74, 6) is -1.57. The van der Waals surface area contributed by atoms with Crippen molar-refractivity contribution in [3.8, 4) is 0 Å². The minimum Gasteiger partial charge on any atom is -0.458 e. The minimum atomic E-state index is -0.785. The van der Waals surface area contributed by atoms with Crippen molar-refractivity contribution in [1.29, 1.82) is 0 Å². The quantitative estimate of drug-likeness (QED) is 0.261. The minimum absolute atomic E-state index is 0.0102. The molecule has 0 spiro atoms. The van der Waals surface area contributed by atoms with Gasteiger partial charge in [-0.2, -0.15) is 0 Å². The van der Waals surface area contributed by atoms with Crippen LogP contribution in [-0.4, -0.2) is 25.2 Å². The van der Waals surface area contributed by atoms with Crippen LogP contribution < -0.4 is 5.32 Å². The first-order valence-electron chi connectivity index (χ1n) is 6.26. The summed E-state index contributed by atoms with van der Waals surface area (Å²) in [6.07, 6.45) is 4.08. The summed E-state index contributed by atoms with van der Waals surface area (Å²) in [6.45, 7) is 6.90. The summed E-state index contributed by atoms with van der Waals surface area (Å²) in [5, 5.41) is 2.84. The Kier molecular flexibility index (Phi) is 7.07. The van der Waals surface area contributed by atoms with E-state index in [0.717, 1.165) is 5.69 Å². The Bertz CT molecular complexity index is 508. The van der Waals surface area contributed by atoms with Gasteiger partial charge in [0.15, 0.2) is 5.57 Å². The predicted octanol–water partition coefficient (Wildman–Crippen LogP) is 2.44. The molecular formula is C16H17NO4. The molecule has 0 saturated heterocycles. The Hall–Kier alpha value is -2.82. The summed E-state index contributed by atoms with van der Waals surface area (Å²) < 4.78 is 9.70. The van der Waals surface area contributed by atoms with Gasteiger partial charge in [0.1, 0.15) is 13.2 Å². The second kappa shape index (κ2) is 9.14. The van der Waals surface area contributed by atoms with Crippen molar-refractivity contribution in [1.82, 2.24) is 0 Å². The third-order valence-corrected chi connectivity index (χ3v) is 2.26. The molecule has 0 atom stereocenters. The first-order chi connectivity index (χ1) is 10.2. The lowest BCUT2D eigenvalue weighted by Crippen LogP contribution is -2.19. The molecule has 0 heterocycles. The highest BCUT2D eigenvalue weighted by Crippen LogP contribution is 2.08. The van der Waals surface area contributed by atoms with Crippen LogP contribution in [0.5, 0.6) is 0 Å². The second-order valence-corrected chi connectivity index (χ2v) is 3.84. The van der Waals surface area contributed by atoms with Gasteiger partial charge in [-0.15, -0.1) is 0 Å². The Morgan fingerprint density at radius 3 is 2.00 bits per heavy atom. The lowest BCUT2D eigenvalue weighted by Gasteiger charge is -2.07. The van der Waals surface area contributed by atoms with Crippen LogP contribution in [0.1, 0.15) is 0 Å². The van der Waals surface area contributed by atoms with E-state index in [9.17, 15) is 9.59 Å². The first-order valence-corrected chi connectivity index (χ1v) is 6.26. The molecule has 0 fully saturated rings. The van der Waals surface area contributed by atoms with Crippen molar-refractivity contribution in [2.24, 2.45) is 0 Å². The fourth-order valence-corrected chi connectivity index (χ4v) is 1.32. The summed E-state index contributed by atoms with van der Waals surface area (Å²) in [5.41, 5.74) is 0.491. The summed E-state index contributed by atoms with van der Waals surface area (Å²) in [4.78, 5) is 23.6. The fraction of sp³-hybridized carbons (Fsp3) is 0.125. The average molecular weight is 287 g/mol. The summed E-state index contributed by atoms with van der Waals surface area (Å²) >= 11 is 0. The van der Waals surface area contributed by atoms with Crippen molar-refractivity contribution in [3.05, 3.63) is 67.4 Å². The molecule has 1 aromatic rings. The van der Waals surface area contributed by atoms with Gasteiger partial charge in [0.25, 0.3) is 0 Å². The van der Waals surface area contributed by atoms with Crippen LogP contribution in [0.4, 0.5) is 5.69 Å². The number of carbonyl (C=O) groups is 2. The van der Waals surface area contributed by atoms with E-state index in [1.807, 2.05) is 18.2 Å². The lowest BCUT2D eigenvalue weighted by molar-refractivity contribution is -0.145. The van der Waals surface area contributed by atoms with Gasteiger partial charge in [-0.3, -0.25) is 0 Å². The molecule has 1 rings (SSSR count). The summed E-state index contributed by atoms with van der Waals surface area (Å²) in [6, 6.07) is 9.08. The standard InChI is InChI=1S/C16H17NO4/c1-3-10-20-15(18)14(16(19)21-11-4-2)12-17-13-8-6-5-7-9-13/h3-9,12,17H,1-2,10-11H2. The van der Waals surface area contributed by atoms with Crippen LogP contribution in [-0.2, 0) is 19.1 Å². The molecule has 21 heavy (non-hydrogen) atoms. The number of hydrogen-bond donors (Lipinski definition) is 1. The number of ether oxygens (including phenoxy) is 2. The van der Waals surface area contributed by atoms with Gasteiger partial charge >= 0.3 is 11.9 Å². The van der Waals surface area contributed by atoms with E-state index < -0.39 is 11.9 Å². The van der Waals surface area contributed by atoms with Gasteiger partial charge in [-0.05, 0) is 12.1 Å². The van der Waals surface area contributed by atoms with E-state index in [-0.39, 0.29) is 18.8 Å². The number of para-hydroxylation sites is 1. The SMILES string of the molecule is C=CCOC(=O)C(=CNc1ccccc1)C(=O)OCC=C. The third-order valence-electron chi connectivity index (χ3n) is 2.26. The van der Waals surface area contributed by atoms with E-state index in [0.29, 0.717) is 0 Å². The first kappa shape index (κ1) is 16.2. The number of rotatable bonds is 8. The van der Waals surface area contributed by atoms with Crippen molar-refractivity contribution in [2.45, 2.75) is 0 Å². The van der Waals surface area contributed by atoms with Crippen molar-refractivity contribution in [3.63, 3.8) is 0 Å². The largest absolute Gasteiger partial charge is 0.458 e. The molecular weight excluding hydrogens is 270 g/mol. The normalized spacial score (nSPS) is 9.14. The zero-order valence-corrected chi connectivity index (χ0v) is 11.6. The average Bonchev–Trinajstić information content (AvgIpc) is 2.52. The van der Waals surface area contributed by atoms with E-state index in [1.54, 1.807) is 12.1 Å². The lowest BCUT2D eigenvalue weighted by atomic mass is 10.2. The highest BCUT2D eigenvalue weighted by Gasteiger charge is 2.21. The van der Waals surface area contributed by atoms with E-state index in [2.05, 4.69) is 18.5 Å². The Morgan fingerprint density at radius 2 is 1.52 bits per heavy atom. The van der Waals surface area contributed by atoms with E-state index in [4.69, 9.17) is 9.47 Å². The Balaban J connectivity index is 2.83. The Labute approximate surface area is 123 Å². The van der Waals surface area contributed by atoms with Crippen molar-refractivity contribution < 1.29 is 19.1 Å². The van der Waals surface area contributed by atoms with E-state index >= 15 is 0 Å². The second-order valence-electron chi connectivity index (χ2n) is 3.84. The van der Waals surface area contributed by atoms with Crippen LogP contribution in [0.2, 0.25) is 0 Å². The molecule has 110 valence electrons. The molecule has 5 heteroatoms. The van der Waals surface area contributed by atoms with Crippen LogP contribution in [0, 0.1) is 0 Å². The third kappa shape index (κ3) is 5.78. The number of benzene rings is 1. The molecule has 0 bridgehead atoms. The molecule has 0 aliphatic rings.